The molecule has 2 heterocycles. The van der Waals surface area contributed by atoms with Crippen molar-refractivity contribution in [2.75, 3.05) is 51.9 Å². The number of hydrogen-bond donors (Lipinski definition) is 2. The maximum absolute atomic E-state index is 13.0. The molecule has 1 aromatic carbocycles. The van der Waals surface area contributed by atoms with E-state index < -0.39 is 21.9 Å². The third kappa shape index (κ3) is 5.56. The second-order valence-corrected chi connectivity index (χ2v) is 9.68. The summed E-state index contributed by atoms with van der Waals surface area (Å²) in [4.78, 5) is 28.1. The van der Waals surface area contributed by atoms with Crippen LogP contribution in [0.15, 0.2) is 23.1 Å². The minimum Gasteiger partial charge on any atom is -0.460 e. The van der Waals surface area contributed by atoms with Crippen molar-refractivity contribution in [3.8, 4) is 0 Å². The topological polar surface area (TPSA) is 127 Å². The number of halogens is 1. The smallest absolute Gasteiger partial charge is 0.340 e. The lowest BCUT2D eigenvalue weighted by Crippen LogP contribution is -2.40. The lowest BCUT2D eigenvalue weighted by atomic mass is 10.1. The number of aromatic amines is 1. The molecule has 10 nitrogen and oxygen atoms in total. The number of H-pyrrole nitrogens is 1. The predicted molar refractivity (Wildman–Crippen MR) is 121 cm³/mol. The molecule has 1 amide bonds. The fraction of sp³-hybridized carbons (Fsp3) is 0.429. The number of methoxy groups -OCH3 is 1. The van der Waals surface area contributed by atoms with Gasteiger partial charge < -0.3 is 24.5 Å². The molecule has 1 aromatic heterocycles. The molecule has 2 N–H and O–H groups in total. The van der Waals surface area contributed by atoms with E-state index in [9.17, 15) is 18.0 Å². The van der Waals surface area contributed by atoms with E-state index in [0.29, 0.717) is 24.5 Å². The van der Waals surface area contributed by atoms with Crippen LogP contribution in [0.1, 0.15) is 32.1 Å². The molecule has 3 rings (SSSR count). The van der Waals surface area contributed by atoms with Crippen molar-refractivity contribution in [3.63, 3.8) is 0 Å². The summed E-state index contributed by atoms with van der Waals surface area (Å²) in [6, 6.07) is 4.23. The summed E-state index contributed by atoms with van der Waals surface area (Å²) >= 11 is 6.17. The molecule has 1 aliphatic rings. The zero-order valence-corrected chi connectivity index (χ0v) is 20.1. The van der Waals surface area contributed by atoms with Crippen LogP contribution in [0.4, 0.5) is 5.69 Å². The van der Waals surface area contributed by atoms with E-state index in [1.54, 1.807) is 13.8 Å². The van der Waals surface area contributed by atoms with Crippen molar-refractivity contribution in [3.05, 3.63) is 45.7 Å². The summed E-state index contributed by atoms with van der Waals surface area (Å²) in [7, 11) is -2.36. The Balaban J connectivity index is 1.82. The Morgan fingerprint density at radius 2 is 1.91 bits per heavy atom. The van der Waals surface area contributed by atoms with E-state index in [0.717, 1.165) is 0 Å². The highest BCUT2D eigenvalue weighted by atomic mass is 35.5. The van der Waals surface area contributed by atoms with Crippen molar-refractivity contribution < 1.29 is 32.2 Å². The Bertz CT molecular complexity index is 1140. The van der Waals surface area contributed by atoms with Gasteiger partial charge in [-0.05, 0) is 37.6 Å². The van der Waals surface area contributed by atoms with E-state index in [1.807, 2.05) is 0 Å². The number of rotatable bonds is 8. The van der Waals surface area contributed by atoms with Crippen LogP contribution in [-0.4, -0.2) is 76.2 Å². The molecule has 12 heteroatoms. The number of aryl methyl sites for hydroxylation is 1. The summed E-state index contributed by atoms with van der Waals surface area (Å²) in [5, 5.41) is 2.71. The molecule has 0 atom stereocenters. The highest BCUT2D eigenvalue weighted by Gasteiger charge is 2.29. The van der Waals surface area contributed by atoms with Gasteiger partial charge in [0, 0.05) is 31.6 Å². The Morgan fingerprint density at radius 1 is 1.21 bits per heavy atom. The quantitative estimate of drug-likeness (QED) is 0.421. The van der Waals surface area contributed by atoms with Crippen LogP contribution in [0.5, 0.6) is 0 Å². The van der Waals surface area contributed by atoms with Crippen molar-refractivity contribution in [2.24, 2.45) is 0 Å². The molecule has 1 saturated heterocycles. The van der Waals surface area contributed by atoms with Gasteiger partial charge >= 0.3 is 5.97 Å². The number of sulfonamides is 1. The molecule has 0 bridgehead atoms. The number of benzene rings is 1. The average molecular weight is 500 g/mol. The van der Waals surface area contributed by atoms with E-state index in [4.69, 9.17) is 25.8 Å². The summed E-state index contributed by atoms with van der Waals surface area (Å²) in [5.41, 5.74) is 1.57. The maximum Gasteiger partial charge on any atom is 0.340 e. The van der Waals surface area contributed by atoms with Crippen LogP contribution >= 0.6 is 11.6 Å². The van der Waals surface area contributed by atoms with Crippen LogP contribution in [0, 0.1) is 13.8 Å². The molecule has 2 aromatic rings. The summed E-state index contributed by atoms with van der Waals surface area (Å²) in [6.07, 6.45) is 0. The number of morpholine rings is 1. The Labute approximate surface area is 197 Å². The van der Waals surface area contributed by atoms with Crippen molar-refractivity contribution in [2.45, 2.75) is 18.7 Å². The highest BCUT2D eigenvalue weighted by molar-refractivity contribution is 7.89. The monoisotopic (exact) mass is 499 g/mol. The molecule has 0 aliphatic carbocycles. The number of nitrogens with one attached hydrogen (secondary N) is 2. The number of ether oxygens (including phenoxy) is 3. The van der Waals surface area contributed by atoms with Crippen LogP contribution in [0.2, 0.25) is 5.02 Å². The fourth-order valence-electron chi connectivity index (χ4n) is 3.47. The summed E-state index contributed by atoms with van der Waals surface area (Å²) in [6.45, 7) is 4.68. The molecule has 1 fully saturated rings. The van der Waals surface area contributed by atoms with Gasteiger partial charge in [0.1, 0.15) is 17.2 Å². The standard InChI is InChI=1S/C21H26ClN3O7S/c1-13-18(21(27)32-11-10-30-3)14(2)23-19(13)20(26)24-15-4-5-16(22)17(12-15)33(28,29)25-6-8-31-9-7-25/h4-5,12,23H,6-11H2,1-3H3,(H,24,26). The van der Waals surface area contributed by atoms with Crippen LogP contribution in [0.25, 0.3) is 0 Å². The fourth-order valence-corrected chi connectivity index (χ4v) is 5.38. The number of nitrogens with zero attached hydrogens (tertiary/aromatic N) is 1. The minimum atomic E-state index is -3.86. The van der Waals surface area contributed by atoms with Crippen molar-refractivity contribution >= 4 is 39.2 Å². The van der Waals surface area contributed by atoms with Gasteiger partial charge in [0.25, 0.3) is 5.91 Å². The molecule has 180 valence electrons. The Kier molecular flexibility index (Phi) is 8.14. The SMILES string of the molecule is COCCOC(=O)c1c(C)[nH]c(C(=O)Nc2ccc(Cl)c(S(=O)(=O)N3CCOCC3)c2)c1C. The van der Waals surface area contributed by atoms with E-state index in [2.05, 4.69) is 10.3 Å². The normalized spacial score (nSPS) is 14.8. The first-order valence-corrected chi connectivity index (χ1v) is 12.0. The molecular weight excluding hydrogens is 474 g/mol. The van der Waals surface area contributed by atoms with Gasteiger partial charge in [0.2, 0.25) is 10.0 Å². The van der Waals surface area contributed by atoms with Gasteiger partial charge in [-0.3, -0.25) is 4.79 Å². The first-order valence-electron chi connectivity index (χ1n) is 10.2. The number of carbonyl (C=O) groups is 2. The van der Waals surface area contributed by atoms with E-state index >= 15 is 0 Å². The first kappa shape index (κ1) is 25.2. The second kappa shape index (κ2) is 10.7. The number of aromatic nitrogens is 1. The molecule has 33 heavy (non-hydrogen) atoms. The molecule has 0 saturated carbocycles. The van der Waals surface area contributed by atoms with Gasteiger partial charge in [-0.1, -0.05) is 11.6 Å². The molecular formula is C21H26ClN3O7S. The van der Waals surface area contributed by atoms with Crippen molar-refractivity contribution in [1.82, 2.24) is 9.29 Å². The molecule has 0 spiro atoms. The maximum atomic E-state index is 13.0. The molecule has 0 radical (unpaired) electrons. The average Bonchev–Trinajstić information content (AvgIpc) is 3.09. The lowest BCUT2D eigenvalue weighted by molar-refractivity contribution is 0.0386. The Hall–Kier alpha value is -2.44. The van der Waals surface area contributed by atoms with Gasteiger partial charge in [0.05, 0.1) is 30.4 Å². The van der Waals surface area contributed by atoms with Gasteiger partial charge in [-0.15, -0.1) is 0 Å². The zero-order valence-electron chi connectivity index (χ0n) is 18.6. The largest absolute Gasteiger partial charge is 0.460 e. The van der Waals surface area contributed by atoms with Crippen LogP contribution in [-0.2, 0) is 24.2 Å². The second-order valence-electron chi connectivity index (χ2n) is 7.37. The third-order valence-electron chi connectivity index (χ3n) is 5.17. The van der Waals surface area contributed by atoms with Crippen molar-refractivity contribution in [1.29, 1.82) is 0 Å². The van der Waals surface area contributed by atoms with E-state index in [1.165, 1.54) is 29.6 Å². The van der Waals surface area contributed by atoms with Gasteiger partial charge in [-0.2, -0.15) is 4.31 Å². The number of anilines is 1. The molecule has 0 unspecified atom stereocenters. The number of esters is 1. The van der Waals surface area contributed by atoms with Gasteiger partial charge in [-0.25, -0.2) is 13.2 Å². The zero-order chi connectivity index (χ0) is 24.2. The third-order valence-corrected chi connectivity index (χ3v) is 7.55. The first-order chi connectivity index (χ1) is 15.7. The van der Waals surface area contributed by atoms with Crippen LogP contribution < -0.4 is 5.32 Å². The van der Waals surface area contributed by atoms with Crippen LogP contribution in [0.3, 0.4) is 0 Å². The Morgan fingerprint density at radius 3 is 2.58 bits per heavy atom. The molecule has 1 aliphatic heterocycles. The number of hydrogen-bond acceptors (Lipinski definition) is 7. The predicted octanol–water partition coefficient (Wildman–Crippen LogP) is 2.36. The number of amides is 1. The van der Waals surface area contributed by atoms with Gasteiger partial charge in [0.15, 0.2) is 0 Å². The minimum absolute atomic E-state index is 0.0486. The lowest BCUT2D eigenvalue weighted by Gasteiger charge is -2.26. The summed E-state index contributed by atoms with van der Waals surface area (Å²) in [5.74, 6) is -1.11. The number of carbonyl (C=O) groups excluding carboxylic acids is 2. The highest BCUT2D eigenvalue weighted by Crippen LogP contribution is 2.29. The van der Waals surface area contributed by atoms with E-state index in [-0.39, 0.29) is 53.2 Å². The summed E-state index contributed by atoms with van der Waals surface area (Å²) < 4.78 is 42.5.